The summed E-state index contributed by atoms with van der Waals surface area (Å²) >= 11 is 0. The maximum Gasteiger partial charge on any atom is 0.335 e. The van der Waals surface area contributed by atoms with Gasteiger partial charge in [-0.2, -0.15) is 0 Å². The van der Waals surface area contributed by atoms with E-state index in [0.717, 1.165) is 23.3 Å². The minimum Gasteiger partial charge on any atom is -0.489 e. The second-order valence-electron chi connectivity index (χ2n) is 8.66. The molecule has 0 amide bonds. The Hall–Kier alpha value is -3.63. The summed E-state index contributed by atoms with van der Waals surface area (Å²) in [6.45, 7) is 2.85. The Kier molecular flexibility index (Phi) is 5.84. The first-order valence-electron chi connectivity index (χ1n) is 11.4. The summed E-state index contributed by atoms with van der Waals surface area (Å²) in [7, 11) is 0. The van der Waals surface area contributed by atoms with Crippen LogP contribution in [0.4, 0.5) is 0 Å². The van der Waals surface area contributed by atoms with Crippen LogP contribution < -0.4 is 10.1 Å². The summed E-state index contributed by atoms with van der Waals surface area (Å²) in [5.41, 5.74) is 3.50. The predicted octanol–water partition coefficient (Wildman–Crippen LogP) is 6.17. The van der Waals surface area contributed by atoms with E-state index in [1.54, 1.807) is 12.1 Å². The summed E-state index contributed by atoms with van der Waals surface area (Å²) < 4.78 is 6.35. The lowest BCUT2D eigenvalue weighted by molar-refractivity contribution is 0.0694. The Balaban J connectivity index is 1.39. The molecule has 0 radical (unpaired) electrons. The number of carbonyl (C=O) groups is 1. The van der Waals surface area contributed by atoms with Crippen LogP contribution >= 0.6 is 0 Å². The zero-order valence-corrected chi connectivity index (χ0v) is 18.6. The maximum atomic E-state index is 11.9. The maximum absolute atomic E-state index is 11.9. The number of rotatable bonds is 6. The van der Waals surface area contributed by atoms with Crippen molar-refractivity contribution in [1.29, 1.82) is 0 Å². The van der Waals surface area contributed by atoms with Gasteiger partial charge in [0.15, 0.2) is 0 Å². The highest BCUT2D eigenvalue weighted by atomic mass is 16.5. The van der Waals surface area contributed by atoms with Crippen LogP contribution in [0, 0.1) is 0 Å². The Bertz CT molecular complexity index is 1290. The molecular formula is C29H27NO3. The van der Waals surface area contributed by atoms with E-state index in [-0.39, 0.29) is 18.1 Å². The number of ether oxygens (including phenoxy) is 1. The van der Waals surface area contributed by atoms with Crippen LogP contribution in [0.1, 0.15) is 52.4 Å². The van der Waals surface area contributed by atoms with E-state index < -0.39 is 5.97 Å². The van der Waals surface area contributed by atoms with Gasteiger partial charge in [0.25, 0.3) is 0 Å². The number of fused-ring (bicyclic) bond motifs is 2. The number of hydrogen-bond acceptors (Lipinski definition) is 3. The summed E-state index contributed by atoms with van der Waals surface area (Å²) in [5.74, 6) is -0.0886. The van der Waals surface area contributed by atoms with E-state index in [2.05, 4.69) is 54.7 Å². The normalized spacial score (nSPS) is 18.3. The highest BCUT2D eigenvalue weighted by Gasteiger charge is 2.31. The van der Waals surface area contributed by atoms with Crippen LogP contribution in [0.3, 0.4) is 0 Å². The second-order valence-corrected chi connectivity index (χ2v) is 8.66. The van der Waals surface area contributed by atoms with Crippen LogP contribution in [0.2, 0.25) is 0 Å². The zero-order chi connectivity index (χ0) is 22.8. The van der Waals surface area contributed by atoms with Crippen molar-refractivity contribution in [2.45, 2.75) is 31.4 Å². The molecule has 2 N–H and O–H groups in total. The van der Waals surface area contributed by atoms with E-state index in [9.17, 15) is 9.90 Å². The minimum absolute atomic E-state index is 0.0260. The first-order chi connectivity index (χ1) is 16.1. The van der Waals surface area contributed by atoms with Crippen LogP contribution in [-0.4, -0.2) is 23.7 Å². The van der Waals surface area contributed by atoms with Crippen LogP contribution in [0.25, 0.3) is 10.8 Å². The molecule has 5 rings (SSSR count). The third kappa shape index (κ3) is 4.22. The van der Waals surface area contributed by atoms with Gasteiger partial charge in [0, 0.05) is 24.1 Å². The van der Waals surface area contributed by atoms with Gasteiger partial charge >= 0.3 is 5.97 Å². The van der Waals surface area contributed by atoms with Crippen LogP contribution in [0.15, 0.2) is 91.0 Å². The summed E-state index contributed by atoms with van der Waals surface area (Å²) in [5, 5.41) is 15.9. The Labute approximate surface area is 193 Å². The molecule has 0 fully saturated rings. The molecule has 166 valence electrons. The van der Waals surface area contributed by atoms with E-state index in [4.69, 9.17) is 4.74 Å². The molecule has 4 aromatic carbocycles. The van der Waals surface area contributed by atoms with E-state index in [1.807, 2.05) is 36.4 Å². The smallest absolute Gasteiger partial charge is 0.335 e. The molecule has 1 heterocycles. The fourth-order valence-corrected chi connectivity index (χ4v) is 4.95. The van der Waals surface area contributed by atoms with Gasteiger partial charge in [0.2, 0.25) is 0 Å². The quantitative estimate of drug-likeness (QED) is 0.379. The Morgan fingerprint density at radius 2 is 1.64 bits per heavy atom. The van der Waals surface area contributed by atoms with E-state index in [1.165, 1.54) is 16.3 Å². The van der Waals surface area contributed by atoms with Crippen LogP contribution in [0.5, 0.6) is 5.75 Å². The zero-order valence-electron chi connectivity index (χ0n) is 18.6. The van der Waals surface area contributed by atoms with Gasteiger partial charge in [-0.1, -0.05) is 78.9 Å². The van der Waals surface area contributed by atoms with Crippen molar-refractivity contribution in [3.8, 4) is 5.75 Å². The predicted molar refractivity (Wildman–Crippen MR) is 131 cm³/mol. The van der Waals surface area contributed by atoms with Gasteiger partial charge in [0.05, 0.1) is 5.56 Å². The lowest BCUT2D eigenvalue weighted by atomic mass is 9.82. The number of para-hydroxylation sites is 1. The minimum atomic E-state index is -0.895. The first-order valence-corrected chi connectivity index (χ1v) is 11.4. The molecule has 4 aromatic rings. The van der Waals surface area contributed by atoms with Crippen molar-refractivity contribution in [3.63, 3.8) is 0 Å². The standard InChI is InChI=1S/C29H27NO3/c1-19(22-15-8-10-20-9-2-3-11-23(20)22)30-18-21-17-27(25-13-6-7-16-28(25)33-21)24-12-4-5-14-26(24)29(31)32/h2-16,19,21,27,30H,17-18H2,1H3,(H,31,32)/t19-,21?,27?/m1/s1. The molecule has 4 nitrogen and oxygen atoms in total. The van der Waals surface area contributed by atoms with E-state index >= 15 is 0 Å². The van der Waals surface area contributed by atoms with Gasteiger partial charge in [-0.15, -0.1) is 0 Å². The van der Waals surface area contributed by atoms with Gasteiger partial charge in [0.1, 0.15) is 11.9 Å². The SMILES string of the molecule is C[C@@H](NCC1CC(c2ccccc2C(=O)O)c2ccccc2O1)c1cccc2ccccc12. The average molecular weight is 438 g/mol. The van der Waals surface area contributed by atoms with Crippen molar-refractivity contribution in [2.24, 2.45) is 0 Å². The van der Waals surface area contributed by atoms with Gasteiger partial charge in [-0.05, 0) is 47.4 Å². The second kappa shape index (κ2) is 9.08. The highest BCUT2D eigenvalue weighted by molar-refractivity contribution is 5.90. The van der Waals surface area contributed by atoms with Crippen molar-refractivity contribution >= 4 is 16.7 Å². The van der Waals surface area contributed by atoms with Gasteiger partial charge < -0.3 is 15.2 Å². The van der Waals surface area contributed by atoms with Crippen molar-refractivity contribution in [1.82, 2.24) is 5.32 Å². The molecule has 0 saturated carbocycles. The van der Waals surface area contributed by atoms with Gasteiger partial charge in [-0.25, -0.2) is 4.79 Å². The summed E-state index contributed by atoms with van der Waals surface area (Å²) in [4.78, 5) is 11.9. The summed E-state index contributed by atoms with van der Waals surface area (Å²) in [6, 6.07) is 30.3. The molecule has 4 heteroatoms. The van der Waals surface area contributed by atoms with Crippen molar-refractivity contribution < 1.29 is 14.6 Å². The third-order valence-electron chi connectivity index (χ3n) is 6.59. The number of benzene rings is 4. The molecule has 0 spiro atoms. The molecule has 0 aliphatic carbocycles. The largest absolute Gasteiger partial charge is 0.489 e. The number of hydrogen-bond donors (Lipinski definition) is 2. The van der Waals surface area contributed by atoms with Gasteiger partial charge in [-0.3, -0.25) is 0 Å². The molecule has 0 aromatic heterocycles. The lowest BCUT2D eigenvalue weighted by Gasteiger charge is -2.34. The summed E-state index contributed by atoms with van der Waals surface area (Å²) in [6.07, 6.45) is 0.653. The fraction of sp³-hybridized carbons (Fsp3) is 0.207. The number of aromatic carboxylic acids is 1. The van der Waals surface area contributed by atoms with Crippen LogP contribution in [-0.2, 0) is 0 Å². The average Bonchev–Trinajstić information content (AvgIpc) is 2.86. The Morgan fingerprint density at radius 1 is 0.939 bits per heavy atom. The topological polar surface area (TPSA) is 58.6 Å². The number of carboxylic acid groups (broad SMARTS) is 1. The highest BCUT2D eigenvalue weighted by Crippen LogP contribution is 2.41. The molecule has 0 bridgehead atoms. The lowest BCUT2D eigenvalue weighted by Crippen LogP contribution is -2.37. The molecule has 2 unspecified atom stereocenters. The molecule has 0 saturated heterocycles. The molecular weight excluding hydrogens is 410 g/mol. The van der Waals surface area contributed by atoms with Crippen molar-refractivity contribution in [3.05, 3.63) is 113 Å². The number of carboxylic acids is 1. The first kappa shape index (κ1) is 21.2. The molecule has 1 aliphatic rings. The number of nitrogens with one attached hydrogen (secondary N) is 1. The monoisotopic (exact) mass is 437 g/mol. The molecule has 33 heavy (non-hydrogen) atoms. The van der Waals surface area contributed by atoms with E-state index in [0.29, 0.717) is 12.1 Å². The third-order valence-corrected chi connectivity index (χ3v) is 6.59. The fourth-order valence-electron chi connectivity index (χ4n) is 4.95. The molecule has 3 atom stereocenters. The molecule has 1 aliphatic heterocycles. The van der Waals surface area contributed by atoms with Crippen molar-refractivity contribution in [2.75, 3.05) is 6.54 Å². The Morgan fingerprint density at radius 3 is 2.48 bits per heavy atom.